The van der Waals surface area contributed by atoms with Crippen molar-refractivity contribution in [2.45, 2.75) is 64.5 Å². The van der Waals surface area contributed by atoms with Gasteiger partial charge in [-0.2, -0.15) is 9.97 Å². The first kappa shape index (κ1) is 19.8. The Kier molecular flexibility index (Phi) is 6.84. The van der Waals surface area contributed by atoms with Crippen LogP contribution in [0.1, 0.15) is 58.4 Å². The standard InChI is InChI=1S/C19H31N5O3/c1-3-5-9-26-11-13-7-8-14(16(13)25)24-12-21-15-17(24)22-19(20)23-18(15)27-10-6-4-2/h12-14,16,25H,3-11H2,1-2H3,(H2,20,22,23)/t13-,14-,16-/m0/s1. The lowest BCUT2D eigenvalue weighted by molar-refractivity contribution is 0.0293. The van der Waals surface area contributed by atoms with Crippen molar-refractivity contribution in [3.63, 3.8) is 0 Å². The van der Waals surface area contributed by atoms with Crippen LogP contribution in [0.25, 0.3) is 11.2 Å². The summed E-state index contributed by atoms with van der Waals surface area (Å²) in [4.78, 5) is 13.0. The van der Waals surface area contributed by atoms with Gasteiger partial charge in [0.15, 0.2) is 11.2 Å². The van der Waals surface area contributed by atoms with Crippen LogP contribution in [-0.4, -0.2) is 50.6 Å². The van der Waals surface area contributed by atoms with E-state index in [0.29, 0.717) is 30.3 Å². The summed E-state index contributed by atoms with van der Waals surface area (Å²) >= 11 is 0. The summed E-state index contributed by atoms with van der Waals surface area (Å²) in [6.45, 7) is 6.15. The van der Waals surface area contributed by atoms with Crippen molar-refractivity contribution in [1.29, 1.82) is 0 Å². The Balaban J connectivity index is 1.75. The molecule has 2 aromatic rings. The molecule has 0 bridgehead atoms. The molecule has 0 saturated heterocycles. The summed E-state index contributed by atoms with van der Waals surface area (Å²) in [5.41, 5.74) is 7.10. The van der Waals surface area contributed by atoms with Crippen LogP contribution in [0.4, 0.5) is 5.95 Å². The van der Waals surface area contributed by atoms with Gasteiger partial charge in [-0.15, -0.1) is 0 Å². The summed E-state index contributed by atoms with van der Waals surface area (Å²) in [5.74, 6) is 0.697. The normalized spacial score (nSPS) is 22.6. The van der Waals surface area contributed by atoms with Crippen LogP contribution in [0.2, 0.25) is 0 Å². The molecule has 2 aromatic heterocycles. The molecule has 150 valence electrons. The maximum absolute atomic E-state index is 10.8. The molecule has 0 unspecified atom stereocenters. The van der Waals surface area contributed by atoms with Crippen LogP contribution < -0.4 is 10.5 Å². The predicted molar refractivity (Wildman–Crippen MR) is 104 cm³/mol. The topological polar surface area (TPSA) is 108 Å². The fraction of sp³-hybridized carbons (Fsp3) is 0.737. The van der Waals surface area contributed by atoms with Gasteiger partial charge in [-0.25, -0.2) is 4.98 Å². The fourth-order valence-corrected chi connectivity index (χ4v) is 3.57. The molecule has 1 aliphatic rings. The minimum absolute atomic E-state index is 0.0902. The number of aromatic nitrogens is 4. The molecule has 8 nitrogen and oxygen atoms in total. The van der Waals surface area contributed by atoms with Crippen LogP contribution in [-0.2, 0) is 4.74 Å². The SMILES string of the molecule is CCCCOC[C@@H]1CC[C@H](n2cnc3c(OCCCC)nc(N)nc32)[C@H]1O. The van der Waals surface area contributed by atoms with E-state index in [4.69, 9.17) is 15.2 Å². The average molecular weight is 377 g/mol. The highest BCUT2D eigenvalue weighted by molar-refractivity contribution is 5.77. The number of imidazole rings is 1. The number of aliphatic hydroxyl groups is 1. The van der Waals surface area contributed by atoms with Crippen molar-refractivity contribution in [2.75, 3.05) is 25.6 Å². The van der Waals surface area contributed by atoms with Crippen molar-refractivity contribution < 1.29 is 14.6 Å². The Hall–Kier alpha value is -1.93. The van der Waals surface area contributed by atoms with E-state index >= 15 is 0 Å². The molecule has 0 aliphatic heterocycles. The van der Waals surface area contributed by atoms with Gasteiger partial charge in [0.1, 0.15) is 0 Å². The highest BCUT2D eigenvalue weighted by Crippen LogP contribution is 2.37. The van der Waals surface area contributed by atoms with Gasteiger partial charge in [-0.3, -0.25) is 0 Å². The number of rotatable bonds is 10. The Labute approximate surface area is 160 Å². The number of unbranched alkanes of at least 4 members (excludes halogenated alkanes) is 2. The van der Waals surface area contributed by atoms with Crippen molar-refractivity contribution in [2.24, 2.45) is 5.92 Å². The van der Waals surface area contributed by atoms with E-state index in [0.717, 1.165) is 45.1 Å². The molecule has 3 rings (SSSR count). The van der Waals surface area contributed by atoms with Gasteiger partial charge in [-0.1, -0.05) is 26.7 Å². The lowest BCUT2D eigenvalue weighted by Crippen LogP contribution is -2.26. The average Bonchev–Trinajstić information content (AvgIpc) is 3.22. The third kappa shape index (κ3) is 4.50. The molecule has 0 spiro atoms. The van der Waals surface area contributed by atoms with Gasteiger partial charge in [0.25, 0.3) is 0 Å². The number of hydrogen-bond donors (Lipinski definition) is 2. The first-order chi connectivity index (χ1) is 13.2. The number of nitrogen functional groups attached to an aromatic ring is 1. The Morgan fingerprint density at radius 3 is 2.74 bits per heavy atom. The Bertz CT molecular complexity index is 735. The number of hydrogen-bond acceptors (Lipinski definition) is 7. The van der Waals surface area contributed by atoms with Crippen LogP contribution in [0.5, 0.6) is 5.88 Å². The minimum atomic E-state index is -0.496. The van der Waals surface area contributed by atoms with E-state index in [1.165, 1.54) is 0 Å². The lowest BCUT2D eigenvalue weighted by atomic mass is 10.1. The van der Waals surface area contributed by atoms with Gasteiger partial charge in [0.2, 0.25) is 11.8 Å². The number of aliphatic hydroxyl groups excluding tert-OH is 1. The first-order valence-electron chi connectivity index (χ1n) is 10.0. The van der Waals surface area contributed by atoms with Crippen LogP contribution in [0.3, 0.4) is 0 Å². The van der Waals surface area contributed by atoms with Crippen molar-refractivity contribution in [3.05, 3.63) is 6.33 Å². The fourth-order valence-electron chi connectivity index (χ4n) is 3.57. The largest absolute Gasteiger partial charge is 0.476 e. The monoisotopic (exact) mass is 377 g/mol. The maximum atomic E-state index is 10.8. The van der Waals surface area contributed by atoms with Crippen molar-refractivity contribution >= 4 is 17.1 Å². The molecule has 0 aromatic carbocycles. The van der Waals surface area contributed by atoms with Crippen LogP contribution in [0, 0.1) is 5.92 Å². The second-order valence-corrected chi connectivity index (χ2v) is 7.24. The molecule has 1 fully saturated rings. The van der Waals surface area contributed by atoms with E-state index in [2.05, 4.69) is 28.8 Å². The zero-order chi connectivity index (χ0) is 19.2. The molecule has 2 heterocycles. The van der Waals surface area contributed by atoms with E-state index in [1.54, 1.807) is 6.33 Å². The molecule has 27 heavy (non-hydrogen) atoms. The van der Waals surface area contributed by atoms with Crippen LogP contribution in [0.15, 0.2) is 6.33 Å². The second-order valence-electron chi connectivity index (χ2n) is 7.24. The first-order valence-corrected chi connectivity index (χ1v) is 10.0. The summed E-state index contributed by atoms with van der Waals surface area (Å²) in [6.07, 6.45) is 7.11. The van der Waals surface area contributed by atoms with Crippen molar-refractivity contribution in [3.8, 4) is 5.88 Å². The van der Waals surface area contributed by atoms with Gasteiger partial charge in [-0.05, 0) is 25.7 Å². The molecular formula is C19H31N5O3. The summed E-state index contributed by atoms with van der Waals surface area (Å²) in [7, 11) is 0. The zero-order valence-corrected chi connectivity index (χ0v) is 16.3. The summed E-state index contributed by atoms with van der Waals surface area (Å²) < 4.78 is 13.4. The molecule has 1 aliphatic carbocycles. The van der Waals surface area contributed by atoms with Gasteiger partial charge >= 0.3 is 0 Å². The molecule has 0 radical (unpaired) electrons. The molecule has 3 atom stereocenters. The number of nitrogens with zero attached hydrogens (tertiary/aromatic N) is 4. The molecule has 8 heteroatoms. The highest BCUT2D eigenvalue weighted by Gasteiger charge is 2.37. The number of nitrogens with two attached hydrogens (primary N) is 1. The minimum Gasteiger partial charge on any atom is -0.476 e. The van der Waals surface area contributed by atoms with Gasteiger partial charge in [0, 0.05) is 12.5 Å². The smallest absolute Gasteiger partial charge is 0.247 e. The van der Waals surface area contributed by atoms with E-state index < -0.39 is 6.10 Å². The maximum Gasteiger partial charge on any atom is 0.247 e. The van der Waals surface area contributed by atoms with Crippen molar-refractivity contribution in [1.82, 2.24) is 19.5 Å². The molecule has 1 saturated carbocycles. The molecule has 3 N–H and O–H groups in total. The second kappa shape index (κ2) is 9.32. The lowest BCUT2D eigenvalue weighted by Gasteiger charge is -2.21. The van der Waals surface area contributed by atoms with Gasteiger partial charge in [0.05, 0.1) is 31.7 Å². The Morgan fingerprint density at radius 1 is 1.19 bits per heavy atom. The third-order valence-electron chi connectivity index (χ3n) is 5.19. The predicted octanol–water partition coefficient (Wildman–Crippen LogP) is 2.72. The van der Waals surface area contributed by atoms with E-state index in [-0.39, 0.29) is 17.9 Å². The quantitative estimate of drug-likeness (QED) is 0.613. The summed E-state index contributed by atoms with van der Waals surface area (Å²) in [6, 6.07) is -0.0902. The van der Waals surface area contributed by atoms with E-state index in [9.17, 15) is 5.11 Å². The number of ether oxygens (including phenoxy) is 2. The zero-order valence-electron chi connectivity index (χ0n) is 16.3. The summed E-state index contributed by atoms with van der Waals surface area (Å²) in [5, 5.41) is 10.8. The highest BCUT2D eigenvalue weighted by atomic mass is 16.5. The van der Waals surface area contributed by atoms with Gasteiger partial charge < -0.3 is 24.9 Å². The van der Waals surface area contributed by atoms with Crippen LogP contribution >= 0.6 is 0 Å². The Morgan fingerprint density at radius 2 is 1.96 bits per heavy atom. The molecular weight excluding hydrogens is 346 g/mol. The third-order valence-corrected chi connectivity index (χ3v) is 5.19. The number of anilines is 1. The molecule has 0 amide bonds. The number of fused-ring (bicyclic) bond motifs is 1. The van der Waals surface area contributed by atoms with E-state index in [1.807, 2.05) is 4.57 Å².